The standard InChI is InChI=1S/C12H13N3O/c1-9-3-5-11(6-4-9)15-12(7-10(2)16)8-13-14-15/h3-6,8H,7H2,1-2H3. The van der Waals surface area contributed by atoms with Gasteiger partial charge in [0.25, 0.3) is 0 Å². The highest BCUT2D eigenvalue weighted by atomic mass is 16.1. The summed E-state index contributed by atoms with van der Waals surface area (Å²) in [6.07, 6.45) is 1.99. The van der Waals surface area contributed by atoms with E-state index in [0.29, 0.717) is 6.42 Å². The number of aryl methyl sites for hydroxylation is 1. The molecule has 1 aromatic carbocycles. The van der Waals surface area contributed by atoms with Crippen molar-refractivity contribution in [1.82, 2.24) is 15.0 Å². The minimum absolute atomic E-state index is 0.107. The molecule has 0 aliphatic rings. The molecule has 1 aromatic heterocycles. The molecule has 0 amide bonds. The van der Waals surface area contributed by atoms with E-state index in [1.807, 2.05) is 31.2 Å². The first-order chi connectivity index (χ1) is 7.66. The highest BCUT2D eigenvalue weighted by molar-refractivity contribution is 5.77. The van der Waals surface area contributed by atoms with Crippen LogP contribution in [0.2, 0.25) is 0 Å². The number of carbonyl (C=O) groups excluding carboxylic acids is 1. The fraction of sp³-hybridized carbons (Fsp3) is 0.250. The van der Waals surface area contributed by atoms with Crippen molar-refractivity contribution in [1.29, 1.82) is 0 Å². The predicted octanol–water partition coefficient (Wildman–Crippen LogP) is 1.71. The van der Waals surface area contributed by atoms with Crippen LogP contribution in [0.5, 0.6) is 0 Å². The molecule has 1 heterocycles. The number of aromatic nitrogens is 3. The van der Waals surface area contributed by atoms with Crippen molar-refractivity contribution in [3.63, 3.8) is 0 Å². The molecular formula is C12H13N3O. The zero-order valence-corrected chi connectivity index (χ0v) is 9.34. The Morgan fingerprint density at radius 3 is 2.62 bits per heavy atom. The monoisotopic (exact) mass is 215 g/mol. The Balaban J connectivity index is 2.36. The summed E-state index contributed by atoms with van der Waals surface area (Å²) in [7, 11) is 0. The molecule has 0 spiro atoms. The number of hydrogen-bond donors (Lipinski definition) is 0. The lowest BCUT2D eigenvalue weighted by Crippen LogP contribution is -2.06. The van der Waals surface area contributed by atoms with Crippen molar-refractivity contribution in [2.24, 2.45) is 0 Å². The summed E-state index contributed by atoms with van der Waals surface area (Å²) < 4.78 is 1.70. The highest BCUT2D eigenvalue weighted by Crippen LogP contribution is 2.11. The van der Waals surface area contributed by atoms with E-state index in [1.54, 1.807) is 17.8 Å². The zero-order valence-electron chi connectivity index (χ0n) is 9.34. The quantitative estimate of drug-likeness (QED) is 0.783. The van der Waals surface area contributed by atoms with Crippen LogP contribution in [0.25, 0.3) is 5.69 Å². The van der Waals surface area contributed by atoms with E-state index in [9.17, 15) is 4.79 Å². The highest BCUT2D eigenvalue weighted by Gasteiger charge is 2.07. The second-order valence-corrected chi connectivity index (χ2v) is 3.85. The molecule has 2 aromatic rings. The van der Waals surface area contributed by atoms with Gasteiger partial charge in [0, 0.05) is 0 Å². The van der Waals surface area contributed by atoms with Gasteiger partial charge in [-0.15, -0.1) is 5.10 Å². The van der Waals surface area contributed by atoms with E-state index < -0.39 is 0 Å². The van der Waals surface area contributed by atoms with Crippen LogP contribution in [0, 0.1) is 6.92 Å². The molecule has 2 rings (SSSR count). The molecule has 0 radical (unpaired) electrons. The van der Waals surface area contributed by atoms with Gasteiger partial charge >= 0.3 is 0 Å². The molecule has 0 saturated heterocycles. The van der Waals surface area contributed by atoms with E-state index in [0.717, 1.165) is 11.4 Å². The van der Waals surface area contributed by atoms with Gasteiger partial charge < -0.3 is 0 Å². The second-order valence-electron chi connectivity index (χ2n) is 3.85. The average Bonchev–Trinajstić information content (AvgIpc) is 2.66. The Morgan fingerprint density at radius 2 is 2.00 bits per heavy atom. The SMILES string of the molecule is CC(=O)Cc1cnnn1-c1ccc(C)cc1. The molecule has 0 bridgehead atoms. The molecule has 82 valence electrons. The van der Waals surface area contributed by atoms with E-state index in [4.69, 9.17) is 0 Å². The van der Waals surface area contributed by atoms with Gasteiger partial charge in [-0.1, -0.05) is 22.9 Å². The number of benzene rings is 1. The van der Waals surface area contributed by atoms with Crippen LogP contribution < -0.4 is 0 Å². The summed E-state index contributed by atoms with van der Waals surface area (Å²) in [4.78, 5) is 11.1. The van der Waals surface area contributed by atoms with Crippen LogP contribution in [0.1, 0.15) is 18.2 Å². The van der Waals surface area contributed by atoms with Crippen LogP contribution in [0.3, 0.4) is 0 Å². The first-order valence-corrected chi connectivity index (χ1v) is 5.13. The molecule has 0 saturated carbocycles. The maximum absolute atomic E-state index is 11.1. The number of hydrogen-bond acceptors (Lipinski definition) is 3. The molecule has 0 unspecified atom stereocenters. The third-order valence-corrected chi connectivity index (χ3v) is 2.33. The Labute approximate surface area is 93.9 Å². The van der Waals surface area contributed by atoms with Gasteiger partial charge in [0.05, 0.1) is 24.0 Å². The fourth-order valence-electron chi connectivity index (χ4n) is 1.54. The first kappa shape index (κ1) is 10.5. The lowest BCUT2D eigenvalue weighted by molar-refractivity contribution is -0.116. The van der Waals surface area contributed by atoms with Crippen molar-refractivity contribution in [3.05, 3.63) is 41.7 Å². The van der Waals surface area contributed by atoms with E-state index >= 15 is 0 Å². The largest absolute Gasteiger partial charge is 0.300 e. The molecule has 16 heavy (non-hydrogen) atoms. The van der Waals surface area contributed by atoms with E-state index in [-0.39, 0.29) is 5.78 Å². The summed E-state index contributed by atoms with van der Waals surface area (Å²) in [5.74, 6) is 0.107. The fourth-order valence-corrected chi connectivity index (χ4v) is 1.54. The summed E-state index contributed by atoms with van der Waals surface area (Å²) in [5.41, 5.74) is 2.94. The molecular weight excluding hydrogens is 202 g/mol. The van der Waals surface area contributed by atoms with Gasteiger partial charge in [-0.25, -0.2) is 4.68 Å². The van der Waals surface area contributed by atoms with Crippen molar-refractivity contribution in [3.8, 4) is 5.69 Å². The third-order valence-electron chi connectivity index (χ3n) is 2.33. The minimum Gasteiger partial charge on any atom is -0.300 e. The van der Waals surface area contributed by atoms with Crippen LogP contribution in [0.15, 0.2) is 30.5 Å². The smallest absolute Gasteiger partial charge is 0.135 e. The molecule has 0 N–H and O–H groups in total. The lowest BCUT2D eigenvalue weighted by atomic mass is 10.2. The van der Waals surface area contributed by atoms with Gasteiger partial charge in [0.15, 0.2) is 0 Å². The Morgan fingerprint density at radius 1 is 1.31 bits per heavy atom. The van der Waals surface area contributed by atoms with Crippen LogP contribution in [-0.2, 0) is 11.2 Å². The number of rotatable bonds is 3. The van der Waals surface area contributed by atoms with Gasteiger partial charge in [-0.2, -0.15) is 0 Å². The van der Waals surface area contributed by atoms with Crippen molar-refractivity contribution in [2.75, 3.05) is 0 Å². The number of nitrogens with zero attached hydrogens (tertiary/aromatic N) is 3. The average molecular weight is 215 g/mol. The van der Waals surface area contributed by atoms with Crippen molar-refractivity contribution in [2.45, 2.75) is 20.3 Å². The Bertz CT molecular complexity index is 499. The molecule has 0 atom stereocenters. The van der Waals surface area contributed by atoms with Gasteiger partial charge in [0.1, 0.15) is 5.78 Å². The normalized spacial score (nSPS) is 10.4. The Hall–Kier alpha value is -1.97. The predicted molar refractivity (Wildman–Crippen MR) is 60.5 cm³/mol. The first-order valence-electron chi connectivity index (χ1n) is 5.13. The summed E-state index contributed by atoms with van der Waals surface area (Å²) in [6, 6.07) is 7.95. The van der Waals surface area contributed by atoms with Gasteiger partial charge in [-0.3, -0.25) is 4.79 Å². The summed E-state index contributed by atoms with van der Waals surface area (Å²) in [5, 5.41) is 7.82. The van der Waals surface area contributed by atoms with Crippen LogP contribution in [0.4, 0.5) is 0 Å². The zero-order chi connectivity index (χ0) is 11.5. The molecule has 0 fully saturated rings. The lowest BCUT2D eigenvalue weighted by Gasteiger charge is -2.04. The molecule has 4 heteroatoms. The summed E-state index contributed by atoms with van der Waals surface area (Å²) in [6.45, 7) is 3.59. The number of Topliss-reactive ketones (excluding diaryl/α,β-unsaturated/α-hetero) is 1. The topological polar surface area (TPSA) is 47.8 Å². The number of ketones is 1. The molecule has 4 nitrogen and oxygen atoms in total. The molecule has 0 aliphatic carbocycles. The maximum Gasteiger partial charge on any atom is 0.135 e. The minimum atomic E-state index is 0.107. The Kier molecular flexibility index (Phi) is 2.81. The summed E-state index contributed by atoms with van der Waals surface area (Å²) >= 11 is 0. The number of carbonyl (C=O) groups is 1. The second kappa shape index (κ2) is 4.26. The van der Waals surface area contributed by atoms with Crippen molar-refractivity contribution >= 4 is 5.78 Å². The maximum atomic E-state index is 11.1. The van der Waals surface area contributed by atoms with Gasteiger partial charge in [-0.05, 0) is 26.0 Å². The van der Waals surface area contributed by atoms with Crippen LogP contribution >= 0.6 is 0 Å². The van der Waals surface area contributed by atoms with Crippen molar-refractivity contribution < 1.29 is 4.79 Å². The molecule has 0 aliphatic heterocycles. The third kappa shape index (κ3) is 2.16. The van der Waals surface area contributed by atoms with Crippen LogP contribution in [-0.4, -0.2) is 20.8 Å². The van der Waals surface area contributed by atoms with Gasteiger partial charge in [0.2, 0.25) is 0 Å². The van der Waals surface area contributed by atoms with E-state index in [2.05, 4.69) is 10.3 Å². The van der Waals surface area contributed by atoms with E-state index in [1.165, 1.54) is 5.56 Å².